The highest BCUT2D eigenvalue weighted by atomic mass is 16.4. The van der Waals surface area contributed by atoms with Crippen molar-refractivity contribution in [2.24, 2.45) is 5.92 Å². The molecule has 5 nitrogen and oxygen atoms in total. The van der Waals surface area contributed by atoms with Gasteiger partial charge in [0, 0.05) is 44.0 Å². The highest BCUT2D eigenvalue weighted by Crippen LogP contribution is 2.32. The molecule has 0 aliphatic carbocycles. The Morgan fingerprint density at radius 3 is 2.28 bits per heavy atom. The molecule has 1 aliphatic rings. The van der Waals surface area contributed by atoms with E-state index in [1.807, 2.05) is 78.5 Å². The first-order valence-corrected chi connectivity index (χ1v) is 10.2. The van der Waals surface area contributed by atoms with Crippen LogP contribution in [0.1, 0.15) is 30.3 Å². The topological polar surface area (TPSA) is 49.6 Å². The molecule has 0 radical (unpaired) electrons. The molecule has 0 spiro atoms. The average molecular weight is 389 g/mol. The molecule has 2 aromatic carbocycles. The maximum Gasteiger partial charge on any atom is 0.276 e. The maximum absolute atomic E-state index is 13.3. The fourth-order valence-corrected chi connectivity index (χ4v) is 3.64. The van der Waals surface area contributed by atoms with Crippen molar-refractivity contribution in [3.8, 4) is 22.8 Å². The SMILES string of the molecule is CC1CCN(C(=O)c2nc(-c3ccccc3)oc2-c2ccc(N(C)C)cc2)CC1. The summed E-state index contributed by atoms with van der Waals surface area (Å²) >= 11 is 0. The van der Waals surface area contributed by atoms with Gasteiger partial charge in [0.2, 0.25) is 5.89 Å². The van der Waals surface area contributed by atoms with E-state index in [0.29, 0.717) is 23.3 Å². The van der Waals surface area contributed by atoms with E-state index in [0.717, 1.165) is 42.7 Å². The van der Waals surface area contributed by atoms with Crippen LogP contribution in [0.2, 0.25) is 0 Å². The van der Waals surface area contributed by atoms with E-state index in [1.54, 1.807) is 0 Å². The number of carbonyl (C=O) groups excluding carboxylic acids is 1. The number of carbonyl (C=O) groups is 1. The minimum absolute atomic E-state index is 0.0467. The summed E-state index contributed by atoms with van der Waals surface area (Å²) in [5.41, 5.74) is 3.22. The molecule has 1 saturated heterocycles. The number of oxazole rings is 1. The third-order valence-electron chi connectivity index (χ3n) is 5.57. The molecular formula is C24H27N3O2. The largest absolute Gasteiger partial charge is 0.435 e. The molecule has 0 saturated carbocycles. The second kappa shape index (κ2) is 8.11. The Balaban J connectivity index is 1.74. The molecule has 0 bridgehead atoms. The third-order valence-corrected chi connectivity index (χ3v) is 5.57. The summed E-state index contributed by atoms with van der Waals surface area (Å²) in [6, 6.07) is 17.8. The number of likely N-dealkylation sites (tertiary alicyclic amines) is 1. The van der Waals surface area contributed by atoms with Crippen LogP contribution >= 0.6 is 0 Å². The van der Waals surface area contributed by atoms with Crippen LogP contribution in [0.3, 0.4) is 0 Å². The Kier molecular flexibility index (Phi) is 5.38. The number of aromatic nitrogens is 1. The summed E-state index contributed by atoms with van der Waals surface area (Å²) in [6.45, 7) is 3.78. The van der Waals surface area contributed by atoms with Gasteiger partial charge < -0.3 is 14.2 Å². The molecule has 1 aromatic heterocycles. The first kappa shape index (κ1) is 19.2. The minimum Gasteiger partial charge on any atom is -0.435 e. The van der Waals surface area contributed by atoms with Gasteiger partial charge in [-0.25, -0.2) is 4.98 Å². The van der Waals surface area contributed by atoms with E-state index >= 15 is 0 Å². The molecule has 2 heterocycles. The molecule has 1 fully saturated rings. The lowest BCUT2D eigenvalue weighted by Gasteiger charge is -2.29. The first-order chi connectivity index (χ1) is 14.0. The average Bonchev–Trinajstić information content (AvgIpc) is 3.20. The van der Waals surface area contributed by atoms with Crippen LogP contribution < -0.4 is 4.90 Å². The smallest absolute Gasteiger partial charge is 0.276 e. The number of anilines is 1. The molecule has 29 heavy (non-hydrogen) atoms. The molecule has 4 rings (SSSR count). The van der Waals surface area contributed by atoms with Gasteiger partial charge in [-0.3, -0.25) is 4.79 Å². The Labute approximate surface area is 172 Å². The first-order valence-electron chi connectivity index (χ1n) is 10.2. The predicted octanol–water partition coefficient (Wildman–Crippen LogP) is 4.95. The van der Waals surface area contributed by atoms with Gasteiger partial charge in [-0.15, -0.1) is 0 Å². The Morgan fingerprint density at radius 2 is 1.66 bits per heavy atom. The number of piperidine rings is 1. The number of rotatable bonds is 4. The monoisotopic (exact) mass is 389 g/mol. The third kappa shape index (κ3) is 4.04. The normalized spacial score (nSPS) is 14.8. The number of hydrogen-bond acceptors (Lipinski definition) is 4. The zero-order valence-corrected chi connectivity index (χ0v) is 17.3. The zero-order valence-electron chi connectivity index (χ0n) is 17.3. The van der Waals surface area contributed by atoms with Crippen LogP contribution in [0.4, 0.5) is 5.69 Å². The van der Waals surface area contributed by atoms with Gasteiger partial charge in [0.05, 0.1) is 0 Å². The molecule has 0 atom stereocenters. The van der Waals surface area contributed by atoms with Crippen LogP contribution in [-0.4, -0.2) is 43.0 Å². The van der Waals surface area contributed by atoms with Gasteiger partial charge in [0.15, 0.2) is 11.5 Å². The van der Waals surface area contributed by atoms with Crippen molar-refractivity contribution in [3.05, 3.63) is 60.3 Å². The summed E-state index contributed by atoms with van der Waals surface area (Å²) in [4.78, 5) is 21.9. The van der Waals surface area contributed by atoms with Gasteiger partial charge in [-0.05, 0) is 55.2 Å². The van der Waals surface area contributed by atoms with Gasteiger partial charge in [0.25, 0.3) is 5.91 Å². The van der Waals surface area contributed by atoms with Gasteiger partial charge in [-0.2, -0.15) is 0 Å². The predicted molar refractivity (Wildman–Crippen MR) is 116 cm³/mol. The number of benzene rings is 2. The molecule has 5 heteroatoms. The van der Waals surface area contributed by atoms with Crippen LogP contribution in [0.5, 0.6) is 0 Å². The van der Waals surface area contributed by atoms with Crippen molar-refractivity contribution in [2.75, 3.05) is 32.1 Å². The van der Waals surface area contributed by atoms with Crippen molar-refractivity contribution in [2.45, 2.75) is 19.8 Å². The molecule has 0 N–H and O–H groups in total. The van der Waals surface area contributed by atoms with Crippen LogP contribution in [0.25, 0.3) is 22.8 Å². The van der Waals surface area contributed by atoms with Crippen molar-refractivity contribution >= 4 is 11.6 Å². The van der Waals surface area contributed by atoms with Crippen LogP contribution in [0, 0.1) is 5.92 Å². The summed E-state index contributed by atoms with van der Waals surface area (Å²) in [5, 5.41) is 0. The lowest BCUT2D eigenvalue weighted by atomic mass is 9.99. The molecular weight excluding hydrogens is 362 g/mol. The fourth-order valence-electron chi connectivity index (χ4n) is 3.64. The molecule has 3 aromatic rings. The van der Waals surface area contributed by atoms with Crippen molar-refractivity contribution < 1.29 is 9.21 Å². The summed E-state index contributed by atoms with van der Waals surface area (Å²) in [5.74, 6) is 1.63. The Morgan fingerprint density at radius 1 is 1.00 bits per heavy atom. The summed E-state index contributed by atoms with van der Waals surface area (Å²) in [7, 11) is 4.01. The number of nitrogens with zero attached hydrogens (tertiary/aromatic N) is 3. The second-order valence-corrected chi connectivity index (χ2v) is 7.98. The van der Waals surface area contributed by atoms with Gasteiger partial charge >= 0.3 is 0 Å². The van der Waals surface area contributed by atoms with E-state index in [-0.39, 0.29) is 5.91 Å². The van der Waals surface area contributed by atoms with Crippen molar-refractivity contribution in [3.63, 3.8) is 0 Å². The van der Waals surface area contributed by atoms with E-state index < -0.39 is 0 Å². The maximum atomic E-state index is 13.3. The lowest BCUT2D eigenvalue weighted by Crippen LogP contribution is -2.38. The molecule has 150 valence electrons. The van der Waals surface area contributed by atoms with Crippen molar-refractivity contribution in [1.29, 1.82) is 0 Å². The van der Waals surface area contributed by atoms with Crippen LogP contribution in [0.15, 0.2) is 59.0 Å². The highest BCUT2D eigenvalue weighted by molar-refractivity contribution is 5.98. The second-order valence-electron chi connectivity index (χ2n) is 7.98. The van der Waals surface area contributed by atoms with E-state index in [1.165, 1.54) is 0 Å². The van der Waals surface area contributed by atoms with E-state index in [9.17, 15) is 4.79 Å². The standard InChI is InChI=1S/C24H27N3O2/c1-17-13-15-27(16-14-17)24(28)21-22(18-9-11-20(12-10-18)26(2)3)29-23(25-21)19-7-5-4-6-8-19/h4-12,17H,13-16H2,1-3H3. The van der Waals surface area contributed by atoms with Crippen molar-refractivity contribution in [1.82, 2.24) is 9.88 Å². The number of amides is 1. The molecule has 0 unspecified atom stereocenters. The van der Waals surface area contributed by atoms with Gasteiger partial charge in [0.1, 0.15) is 0 Å². The van der Waals surface area contributed by atoms with Crippen LogP contribution in [-0.2, 0) is 0 Å². The summed E-state index contributed by atoms with van der Waals surface area (Å²) < 4.78 is 6.15. The lowest BCUT2D eigenvalue weighted by molar-refractivity contribution is 0.0692. The Hall–Kier alpha value is -3.08. The van der Waals surface area contributed by atoms with E-state index in [2.05, 4.69) is 11.9 Å². The molecule has 1 aliphatic heterocycles. The minimum atomic E-state index is -0.0467. The van der Waals surface area contributed by atoms with Gasteiger partial charge in [-0.1, -0.05) is 25.1 Å². The Bertz CT molecular complexity index is 969. The highest BCUT2D eigenvalue weighted by Gasteiger charge is 2.28. The molecule has 1 amide bonds. The van der Waals surface area contributed by atoms with E-state index in [4.69, 9.17) is 4.42 Å². The quantitative estimate of drug-likeness (QED) is 0.634. The zero-order chi connectivity index (χ0) is 20.4. The number of hydrogen-bond donors (Lipinski definition) is 0. The summed E-state index contributed by atoms with van der Waals surface area (Å²) in [6.07, 6.45) is 2.06. The fraction of sp³-hybridized carbons (Fsp3) is 0.333.